The number of aromatic amines is 1. The van der Waals surface area contributed by atoms with Gasteiger partial charge in [-0.1, -0.05) is 0 Å². The molecule has 19 heavy (non-hydrogen) atoms. The second kappa shape index (κ2) is 6.28. The maximum atomic E-state index is 10.9. The molecular weight excluding hydrogens is 314 g/mol. The van der Waals surface area contributed by atoms with Gasteiger partial charge in [-0.25, -0.2) is 4.98 Å². The van der Waals surface area contributed by atoms with Crippen molar-refractivity contribution in [3.8, 4) is 0 Å². The third-order valence-electron chi connectivity index (χ3n) is 2.50. The van der Waals surface area contributed by atoms with Gasteiger partial charge < -0.3 is 5.32 Å². The fourth-order valence-corrected chi connectivity index (χ4v) is 1.93. The first kappa shape index (κ1) is 13.5. The standard InChI is InChI=1S/C11H12BrN5O2/c12-8-6-10(17(18)19)11(14-7-8)13-4-1-2-9-3-5-15-16-9/h3,5-7H,1-2,4H2,(H,13,14)(H,15,16). The van der Waals surface area contributed by atoms with Crippen LogP contribution in [0.1, 0.15) is 12.1 Å². The Morgan fingerprint density at radius 2 is 2.37 bits per heavy atom. The minimum Gasteiger partial charge on any atom is -0.364 e. The van der Waals surface area contributed by atoms with Crippen molar-refractivity contribution in [2.45, 2.75) is 12.8 Å². The summed E-state index contributed by atoms with van der Waals surface area (Å²) in [5, 5.41) is 20.6. The first-order valence-electron chi connectivity index (χ1n) is 5.69. The summed E-state index contributed by atoms with van der Waals surface area (Å²) in [4.78, 5) is 14.4. The van der Waals surface area contributed by atoms with Gasteiger partial charge >= 0.3 is 5.69 Å². The summed E-state index contributed by atoms with van der Waals surface area (Å²) < 4.78 is 0.585. The van der Waals surface area contributed by atoms with Crippen molar-refractivity contribution in [2.75, 3.05) is 11.9 Å². The molecule has 0 fully saturated rings. The van der Waals surface area contributed by atoms with Gasteiger partial charge in [-0.2, -0.15) is 5.10 Å². The lowest BCUT2D eigenvalue weighted by Gasteiger charge is -2.05. The molecule has 0 aliphatic rings. The number of nitrogens with one attached hydrogen (secondary N) is 2. The van der Waals surface area contributed by atoms with Gasteiger partial charge in [0.15, 0.2) is 0 Å². The SMILES string of the molecule is O=[N+]([O-])c1cc(Br)cnc1NCCCc1ccn[nH]1. The van der Waals surface area contributed by atoms with E-state index in [2.05, 4.69) is 36.4 Å². The Morgan fingerprint density at radius 3 is 3.05 bits per heavy atom. The molecule has 0 unspecified atom stereocenters. The lowest BCUT2D eigenvalue weighted by atomic mass is 10.2. The van der Waals surface area contributed by atoms with Crippen LogP contribution < -0.4 is 5.32 Å². The molecular formula is C11H12BrN5O2. The van der Waals surface area contributed by atoms with E-state index in [0.717, 1.165) is 18.5 Å². The summed E-state index contributed by atoms with van der Waals surface area (Å²) >= 11 is 3.17. The molecule has 0 aliphatic heterocycles. The number of H-pyrrole nitrogens is 1. The Kier molecular flexibility index (Phi) is 4.45. The maximum absolute atomic E-state index is 10.9. The Labute approximate surface area is 117 Å². The molecule has 0 bridgehead atoms. The summed E-state index contributed by atoms with van der Waals surface area (Å²) in [5.74, 6) is 0.290. The summed E-state index contributed by atoms with van der Waals surface area (Å²) in [6.45, 7) is 0.606. The highest BCUT2D eigenvalue weighted by atomic mass is 79.9. The van der Waals surface area contributed by atoms with Crippen LogP contribution in [0.5, 0.6) is 0 Å². The third-order valence-corrected chi connectivity index (χ3v) is 2.94. The van der Waals surface area contributed by atoms with Crippen LogP contribution in [0.3, 0.4) is 0 Å². The number of hydrogen-bond acceptors (Lipinski definition) is 5. The highest BCUT2D eigenvalue weighted by molar-refractivity contribution is 9.10. The molecule has 0 amide bonds. The number of nitro groups is 1. The van der Waals surface area contributed by atoms with E-state index in [9.17, 15) is 10.1 Å². The zero-order valence-electron chi connectivity index (χ0n) is 9.97. The van der Waals surface area contributed by atoms with E-state index < -0.39 is 4.92 Å². The molecule has 0 aromatic carbocycles. The van der Waals surface area contributed by atoms with Crippen LogP contribution in [0.2, 0.25) is 0 Å². The number of nitrogens with zero attached hydrogens (tertiary/aromatic N) is 3. The highest BCUT2D eigenvalue weighted by Gasteiger charge is 2.15. The molecule has 0 aliphatic carbocycles. The van der Waals surface area contributed by atoms with E-state index in [-0.39, 0.29) is 11.5 Å². The zero-order chi connectivity index (χ0) is 13.7. The predicted octanol–water partition coefficient (Wildman–Crippen LogP) is 2.52. The van der Waals surface area contributed by atoms with Crippen molar-refractivity contribution < 1.29 is 4.92 Å². The van der Waals surface area contributed by atoms with Crippen LogP contribution in [0.15, 0.2) is 29.0 Å². The van der Waals surface area contributed by atoms with Crippen LogP contribution >= 0.6 is 15.9 Å². The lowest BCUT2D eigenvalue weighted by Crippen LogP contribution is -2.07. The van der Waals surface area contributed by atoms with Crippen LogP contribution in [-0.2, 0) is 6.42 Å². The fourth-order valence-electron chi connectivity index (χ4n) is 1.61. The summed E-state index contributed by atoms with van der Waals surface area (Å²) in [6, 6.07) is 3.34. The fraction of sp³-hybridized carbons (Fsp3) is 0.273. The Bertz CT molecular complexity index is 558. The van der Waals surface area contributed by atoms with E-state index in [1.54, 1.807) is 6.20 Å². The molecule has 0 spiro atoms. The lowest BCUT2D eigenvalue weighted by molar-refractivity contribution is -0.384. The summed E-state index contributed by atoms with van der Waals surface area (Å²) in [6.07, 6.45) is 4.89. The smallest absolute Gasteiger partial charge is 0.312 e. The Hall–Kier alpha value is -1.96. The number of rotatable bonds is 6. The monoisotopic (exact) mass is 325 g/mol. The first-order valence-corrected chi connectivity index (χ1v) is 6.48. The molecule has 0 atom stereocenters. The van der Waals surface area contributed by atoms with E-state index in [0.29, 0.717) is 11.0 Å². The van der Waals surface area contributed by atoms with Gasteiger partial charge in [-0.15, -0.1) is 0 Å². The number of aromatic nitrogens is 3. The van der Waals surface area contributed by atoms with Crippen molar-refractivity contribution in [1.29, 1.82) is 0 Å². The topological polar surface area (TPSA) is 96.7 Å². The molecule has 2 N–H and O–H groups in total. The van der Waals surface area contributed by atoms with Gasteiger partial charge in [0.1, 0.15) is 0 Å². The first-order chi connectivity index (χ1) is 9.16. The Balaban J connectivity index is 1.90. The normalized spacial score (nSPS) is 10.4. The molecule has 2 aromatic rings. The van der Waals surface area contributed by atoms with Crippen molar-refractivity contribution in [2.24, 2.45) is 0 Å². The molecule has 0 saturated heterocycles. The van der Waals surface area contributed by atoms with E-state index in [1.807, 2.05) is 6.07 Å². The molecule has 2 heterocycles. The van der Waals surface area contributed by atoms with Crippen molar-refractivity contribution in [3.05, 3.63) is 44.8 Å². The number of pyridine rings is 1. The van der Waals surface area contributed by atoms with E-state index in [1.165, 1.54) is 12.3 Å². The zero-order valence-corrected chi connectivity index (χ0v) is 11.6. The molecule has 8 heteroatoms. The van der Waals surface area contributed by atoms with Crippen LogP contribution in [0, 0.1) is 10.1 Å². The number of anilines is 1. The maximum Gasteiger partial charge on any atom is 0.312 e. The Morgan fingerprint density at radius 1 is 1.53 bits per heavy atom. The molecule has 100 valence electrons. The minimum absolute atomic E-state index is 0.0316. The van der Waals surface area contributed by atoms with Gasteiger partial charge in [0.2, 0.25) is 5.82 Å². The van der Waals surface area contributed by atoms with Gasteiger partial charge in [-0.3, -0.25) is 15.2 Å². The summed E-state index contributed by atoms with van der Waals surface area (Å²) in [7, 11) is 0. The van der Waals surface area contributed by atoms with Gasteiger partial charge in [0, 0.05) is 35.2 Å². The van der Waals surface area contributed by atoms with Crippen LogP contribution in [0.4, 0.5) is 11.5 Å². The van der Waals surface area contributed by atoms with Gasteiger partial charge in [0.05, 0.1) is 4.92 Å². The van der Waals surface area contributed by atoms with Crippen LogP contribution in [0.25, 0.3) is 0 Å². The molecule has 7 nitrogen and oxygen atoms in total. The predicted molar refractivity (Wildman–Crippen MR) is 74.0 cm³/mol. The molecule has 2 rings (SSSR count). The number of aryl methyl sites for hydroxylation is 1. The van der Waals surface area contributed by atoms with E-state index >= 15 is 0 Å². The van der Waals surface area contributed by atoms with E-state index in [4.69, 9.17) is 0 Å². The largest absolute Gasteiger partial charge is 0.364 e. The number of halogens is 1. The molecule has 2 aromatic heterocycles. The van der Waals surface area contributed by atoms with Crippen molar-refractivity contribution in [1.82, 2.24) is 15.2 Å². The molecule has 0 radical (unpaired) electrons. The number of hydrogen-bond donors (Lipinski definition) is 2. The van der Waals surface area contributed by atoms with Gasteiger partial charge in [-0.05, 0) is 34.8 Å². The minimum atomic E-state index is -0.449. The van der Waals surface area contributed by atoms with Crippen LogP contribution in [-0.4, -0.2) is 26.6 Å². The average molecular weight is 326 g/mol. The second-order valence-corrected chi connectivity index (χ2v) is 4.81. The summed E-state index contributed by atoms with van der Waals surface area (Å²) in [5.41, 5.74) is 1.01. The highest BCUT2D eigenvalue weighted by Crippen LogP contribution is 2.25. The van der Waals surface area contributed by atoms with Gasteiger partial charge in [0.25, 0.3) is 0 Å². The third kappa shape index (κ3) is 3.75. The quantitative estimate of drug-likeness (QED) is 0.483. The second-order valence-electron chi connectivity index (χ2n) is 3.89. The average Bonchev–Trinajstić information content (AvgIpc) is 2.89. The van der Waals surface area contributed by atoms with Crippen molar-refractivity contribution >= 4 is 27.4 Å². The molecule has 0 saturated carbocycles. The van der Waals surface area contributed by atoms with Crippen molar-refractivity contribution in [3.63, 3.8) is 0 Å².